The maximum absolute atomic E-state index is 13.3. The number of halogens is 1. The third kappa shape index (κ3) is 5.03. The summed E-state index contributed by atoms with van der Waals surface area (Å²) in [5.74, 6) is 1.04. The number of carbonyl (C=O) groups excluding carboxylic acids is 1. The van der Waals surface area contributed by atoms with Gasteiger partial charge < -0.3 is 15.1 Å². The minimum atomic E-state index is -0.188. The monoisotopic (exact) mass is 429 g/mol. The van der Waals surface area contributed by atoms with E-state index in [9.17, 15) is 9.18 Å². The molecule has 1 saturated carbocycles. The predicted molar refractivity (Wildman–Crippen MR) is 122 cm³/mol. The molecule has 170 valence electrons. The van der Waals surface area contributed by atoms with Crippen molar-refractivity contribution in [2.45, 2.75) is 51.0 Å². The standard InChI is InChI=1S/C24H36FN5O/c1-3-26-23(27-18-24(10-11-24)20-6-8-21(25)9-7-20)30-16-14-28(15-17-30)19(2)22(31)29-12-4-5-13-29/h6-9,19H,3-5,10-18H2,1-2H3,(H,26,27). The van der Waals surface area contributed by atoms with Crippen LogP contribution in [0.2, 0.25) is 0 Å². The first-order chi connectivity index (χ1) is 15.0. The minimum absolute atomic E-state index is 0.0482. The Bertz CT molecular complexity index is 778. The summed E-state index contributed by atoms with van der Waals surface area (Å²) in [7, 11) is 0. The Morgan fingerprint density at radius 1 is 1.06 bits per heavy atom. The zero-order chi connectivity index (χ0) is 21.8. The second kappa shape index (κ2) is 9.55. The summed E-state index contributed by atoms with van der Waals surface area (Å²) >= 11 is 0. The molecule has 31 heavy (non-hydrogen) atoms. The Morgan fingerprint density at radius 2 is 1.71 bits per heavy atom. The number of hydrogen-bond donors (Lipinski definition) is 1. The van der Waals surface area contributed by atoms with Crippen molar-refractivity contribution in [3.05, 3.63) is 35.6 Å². The highest BCUT2D eigenvalue weighted by Gasteiger charge is 2.44. The molecule has 2 heterocycles. The lowest BCUT2D eigenvalue weighted by Crippen LogP contribution is -2.57. The summed E-state index contributed by atoms with van der Waals surface area (Å²) < 4.78 is 13.3. The van der Waals surface area contributed by atoms with Crippen molar-refractivity contribution in [2.75, 3.05) is 52.4 Å². The second-order valence-electron chi connectivity index (χ2n) is 9.19. The summed E-state index contributed by atoms with van der Waals surface area (Å²) in [5, 5.41) is 3.45. The van der Waals surface area contributed by atoms with E-state index in [2.05, 4.69) is 29.0 Å². The topological polar surface area (TPSA) is 51.2 Å². The molecule has 0 radical (unpaired) electrons. The van der Waals surface area contributed by atoms with Gasteiger partial charge in [-0.15, -0.1) is 0 Å². The van der Waals surface area contributed by atoms with Crippen molar-refractivity contribution in [3.8, 4) is 0 Å². The van der Waals surface area contributed by atoms with Crippen LogP contribution in [0.5, 0.6) is 0 Å². The summed E-state index contributed by atoms with van der Waals surface area (Å²) in [6.07, 6.45) is 4.47. The van der Waals surface area contributed by atoms with Gasteiger partial charge in [-0.3, -0.25) is 14.7 Å². The Hall–Kier alpha value is -2.15. The van der Waals surface area contributed by atoms with E-state index in [0.717, 1.165) is 84.0 Å². The number of guanidine groups is 1. The van der Waals surface area contributed by atoms with Crippen LogP contribution in [0.15, 0.2) is 29.3 Å². The summed E-state index contributed by atoms with van der Waals surface area (Å²) in [5.41, 5.74) is 1.25. The van der Waals surface area contributed by atoms with Gasteiger partial charge in [-0.2, -0.15) is 0 Å². The van der Waals surface area contributed by atoms with Crippen molar-refractivity contribution in [3.63, 3.8) is 0 Å². The Balaban J connectivity index is 1.35. The molecule has 0 bridgehead atoms. The van der Waals surface area contributed by atoms with Crippen LogP contribution in [0, 0.1) is 5.82 Å². The first kappa shape index (κ1) is 22.1. The van der Waals surface area contributed by atoms with Crippen LogP contribution < -0.4 is 5.32 Å². The minimum Gasteiger partial charge on any atom is -0.357 e. The van der Waals surface area contributed by atoms with E-state index in [-0.39, 0.29) is 23.2 Å². The molecular weight excluding hydrogens is 393 g/mol. The van der Waals surface area contributed by atoms with Gasteiger partial charge in [0.1, 0.15) is 5.82 Å². The average Bonchev–Trinajstić information content (AvgIpc) is 3.38. The van der Waals surface area contributed by atoms with E-state index in [4.69, 9.17) is 4.99 Å². The molecule has 0 aromatic heterocycles. The van der Waals surface area contributed by atoms with Gasteiger partial charge in [-0.25, -0.2) is 4.39 Å². The smallest absolute Gasteiger partial charge is 0.239 e. The lowest BCUT2D eigenvalue weighted by molar-refractivity contribution is -0.135. The van der Waals surface area contributed by atoms with Gasteiger partial charge >= 0.3 is 0 Å². The third-order valence-electron chi connectivity index (χ3n) is 7.11. The first-order valence-electron chi connectivity index (χ1n) is 11.8. The molecule has 1 aromatic carbocycles. The number of benzene rings is 1. The van der Waals surface area contributed by atoms with Crippen molar-refractivity contribution >= 4 is 11.9 Å². The molecule has 7 heteroatoms. The molecule has 1 unspecified atom stereocenters. The highest BCUT2D eigenvalue weighted by atomic mass is 19.1. The molecule has 4 rings (SSSR count). The summed E-state index contributed by atoms with van der Waals surface area (Å²) in [6, 6.07) is 6.86. The maximum atomic E-state index is 13.3. The fraction of sp³-hybridized carbons (Fsp3) is 0.667. The zero-order valence-electron chi connectivity index (χ0n) is 18.9. The van der Waals surface area contributed by atoms with Gasteiger partial charge in [-0.05, 0) is 57.2 Å². The highest BCUT2D eigenvalue weighted by molar-refractivity contribution is 5.82. The normalized spacial score (nSPS) is 22.5. The van der Waals surface area contributed by atoms with Gasteiger partial charge in [0, 0.05) is 51.2 Å². The average molecular weight is 430 g/mol. The number of rotatable bonds is 6. The molecular formula is C24H36FN5O. The van der Waals surface area contributed by atoms with Crippen LogP contribution in [0.25, 0.3) is 0 Å². The van der Waals surface area contributed by atoms with E-state index in [1.807, 2.05) is 17.0 Å². The Kier molecular flexibility index (Phi) is 6.80. The highest BCUT2D eigenvalue weighted by Crippen LogP contribution is 2.48. The van der Waals surface area contributed by atoms with Gasteiger partial charge in [-0.1, -0.05) is 12.1 Å². The zero-order valence-corrected chi connectivity index (χ0v) is 18.9. The fourth-order valence-corrected chi connectivity index (χ4v) is 4.82. The van der Waals surface area contributed by atoms with Crippen LogP contribution in [-0.4, -0.2) is 85.0 Å². The number of carbonyl (C=O) groups is 1. The van der Waals surface area contributed by atoms with Crippen LogP contribution in [0.1, 0.15) is 45.1 Å². The second-order valence-corrected chi connectivity index (χ2v) is 9.19. The molecule has 2 aliphatic heterocycles. The number of nitrogens with zero attached hydrogens (tertiary/aromatic N) is 4. The van der Waals surface area contributed by atoms with Crippen LogP contribution >= 0.6 is 0 Å². The molecule has 6 nitrogen and oxygen atoms in total. The van der Waals surface area contributed by atoms with Crippen molar-refractivity contribution in [2.24, 2.45) is 4.99 Å². The van der Waals surface area contributed by atoms with E-state index >= 15 is 0 Å². The number of aliphatic imine (C=N–C) groups is 1. The van der Waals surface area contributed by atoms with Gasteiger partial charge in [0.15, 0.2) is 5.96 Å². The van der Waals surface area contributed by atoms with Crippen LogP contribution in [-0.2, 0) is 10.2 Å². The molecule has 1 aromatic rings. The summed E-state index contributed by atoms with van der Waals surface area (Å²) in [6.45, 7) is 11.0. The van der Waals surface area contributed by atoms with E-state index in [0.29, 0.717) is 0 Å². The molecule has 1 atom stereocenters. The third-order valence-corrected chi connectivity index (χ3v) is 7.11. The van der Waals surface area contributed by atoms with Crippen molar-refractivity contribution < 1.29 is 9.18 Å². The number of amides is 1. The molecule has 2 saturated heterocycles. The summed E-state index contributed by atoms with van der Waals surface area (Å²) in [4.78, 5) is 24.4. The molecule has 0 spiro atoms. The maximum Gasteiger partial charge on any atom is 0.239 e. The van der Waals surface area contributed by atoms with E-state index in [1.165, 1.54) is 5.56 Å². The molecule has 1 aliphatic carbocycles. The Morgan fingerprint density at radius 3 is 2.29 bits per heavy atom. The fourth-order valence-electron chi connectivity index (χ4n) is 4.82. The predicted octanol–water partition coefficient (Wildman–Crippen LogP) is 2.45. The molecule has 3 aliphatic rings. The van der Waals surface area contributed by atoms with Gasteiger partial charge in [0.05, 0.1) is 12.6 Å². The largest absolute Gasteiger partial charge is 0.357 e. The quantitative estimate of drug-likeness (QED) is 0.558. The molecule has 3 fully saturated rings. The van der Waals surface area contributed by atoms with Crippen molar-refractivity contribution in [1.29, 1.82) is 0 Å². The van der Waals surface area contributed by atoms with Crippen LogP contribution in [0.4, 0.5) is 4.39 Å². The van der Waals surface area contributed by atoms with Gasteiger partial charge in [0.25, 0.3) is 0 Å². The molecule has 1 N–H and O–H groups in total. The Labute approximate surface area is 185 Å². The SMILES string of the molecule is CCNC(=NCC1(c2ccc(F)cc2)CC1)N1CCN(C(C)C(=O)N2CCCC2)CC1. The number of piperazine rings is 1. The van der Waals surface area contributed by atoms with Gasteiger partial charge in [0.2, 0.25) is 5.91 Å². The first-order valence-corrected chi connectivity index (χ1v) is 11.8. The number of nitrogens with one attached hydrogen (secondary N) is 1. The van der Waals surface area contributed by atoms with Crippen LogP contribution in [0.3, 0.4) is 0 Å². The lowest BCUT2D eigenvalue weighted by Gasteiger charge is -2.39. The number of hydrogen-bond acceptors (Lipinski definition) is 3. The molecule has 1 amide bonds. The van der Waals surface area contributed by atoms with E-state index in [1.54, 1.807) is 12.1 Å². The lowest BCUT2D eigenvalue weighted by atomic mass is 9.96. The van der Waals surface area contributed by atoms with E-state index < -0.39 is 0 Å². The number of likely N-dealkylation sites (tertiary alicyclic amines) is 1. The van der Waals surface area contributed by atoms with Crippen molar-refractivity contribution in [1.82, 2.24) is 20.0 Å².